The van der Waals surface area contributed by atoms with E-state index >= 15 is 0 Å². The molecule has 0 atom stereocenters. The van der Waals surface area contributed by atoms with E-state index in [0.717, 1.165) is 37.9 Å². The molecule has 0 spiro atoms. The number of carbonyl (C=O) groups is 2. The standard InChI is InChI=1S/C17H24N2O2/c1-2-18-16(20)9-8-14-10-12-19(13-11-14)17(21)15-6-4-3-5-7-15/h3-7,14H,2,8-13H2,1H3,(H,18,20). The first-order valence-corrected chi connectivity index (χ1v) is 7.81. The summed E-state index contributed by atoms with van der Waals surface area (Å²) in [6.45, 7) is 4.23. The van der Waals surface area contributed by atoms with Gasteiger partial charge in [-0.2, -0.15) is 0 Å². The van der Waals surface area contributed by atoms with Crippen molar-refractivity contribution in [2.45, 2.75) is 32.6 Å². The number of rotatable bonds is 5. The molecule has 1 aliphatic heterocycles. The fourth-order valence-electron chi connectivity index (χ4n) is 2.81. The topological polar surface area (TPSA) is 49.4 Å². The Balaban J connectivity index is 1.76. The third kappa shape index (κ3) is 4.59. The second-order valence-corrected chi connectivity index (χ2v) is 5.59. The molecule has 114 valence electrons. The Morgan fingerprint density at radius 1 is 1.19 bits per heavy atom. The summed E-state index contributed by atoms with van der Waals surface area (Å²) < 4.78 is 0. The number of nitrogens with zero attached hydrogens (tertiary/aromatic N) is 1. The molecule has 2 amide bonds. The zero-order valence-corrected chi connectivity index (χ0v) is 12.7. The Hall–Kier alpha value is -1.84. The summed E-state index contributed by atoms with van der Waals surface area (Å²) in [5.41, 5.74) is 0.762. The minimum Gasteiger partial charge on any atom is -0.356 e. The minimum absolute atomic E-state index is 0.123. The number of hydrogen-bond donors (Lipinski definition) is 1. The molecule has 1 aliphatic rings. The van der Waals surface area contributed by atoms with Gasteiger partial charge in [-0.1, -0.05) is 18.2 Å². The zero-order chi connectivity index (χ0) is 15.1. The summed E-state index contributed by atoms with van der Waals surface area (Å²) in [6.07, 6.45) is 3.53. The molecule has 4 nitrogen and oxygen atoms in total. The Morgan fingerprint density at radius 3 is 2.48 bits per heavy atom. The molecule has 1 N–H and O–H groups in total. The van der Waals surface area contributed by atoms with Crippen LogP contribution in [0.4, 0.5) is 0 Å². The summed E-state index contributed by atoms with van der Waals surface area (Å²) >= 11 is 0. The summed E-state index contributed by atoms with van der Waals surface area (Å²) in [5, 5.41) is 2.83. The molecular formula is C17H24N2O2. The lowest BCUT2D eigenvalue weighted by atomic mass is 9.91. The fourth-order valence-corrected chi connectivity index (χ4v) is 2.81. The van der Waals surface area contributed by atoms with Crippen LogP contribution in [0.1, 0.15) is 43.0 Å². The van der Waals surface area contributed by atoms with E-state index in [-0.39, 0.29) is 11.8 Å². The molecule has 0 radical (unpaired) electrons. The van der Waals surface area contributed by atoms with Crippen molar-refractivity contribution in [3.63, 3.8) is 0 Å². The molecule has 4 heteroatoms. The number of carbonyl (C=O) groups excluding carboxylic acids is 2. The molecule has 1 heterocycles. The normalized spacial score (nSPS) is 15.8. The zero-order valence-electron chi connectivity index (χ0n) is 12.7. The number of piperidine rings is 1. The maximum atomic E-state index is 12.3. The van der Waals surface area contributed by atoms with Crippen molar-refractivity contribution >= 4 is 11.8 Å². The Morgan fingerprint density at radius 2 is 1.86 bits per heavy atom. The maximum Gasteiger partial charge on any atom is 0.253 e. The Bertz CT molecular complexity index is 465. The van der Waals surface area contributed by atoms with Crippen LogP contribution in [0, 0.1) is 5.92 Å². The first-order chi connectivity index (χ1) is 10.2. The van der Waals surface area contributed by atoms with Crippen molar-refractivity contribution in [2.75, 3.05) is 19.6 Å². The number of likely N-dealkylation sites (tertiary alicyclic amines) is 1. The van der Waals surface area contributed by atoms with Crippen LogP contribution < -0.4 is 5.32 Å². The van der Waals surface area contributed by atoms with E-state index in [1.807, 2.05) is 42.2 Å². The van der Waals surface area contributed by atoms with Crippen LogP contribution >= 0.6 is 0 Å². The van der Waals surface area contributed by atoms with Crippen molar-refractivity contribution in [3.05, 3.63) is 35.9 Å². The molecule has 0 saturated carbocycles. The highest BCUT2D eigenvalue weighted by molar-refractivity contribution is 5.94. The van der Waals surface area contributed by atoms with E-state index in [4.69, 9.17) is 0 Å². The van der Waals surface area contributed by atoms with Crippen molar-refractivity contribution in [3.8, 4) is 0 Å². The van der Waals surface area contributed by atoms with Crippen LogP contribution in [0.5, 0.6) is 0 Å². The van der Waals surface area contributed by atoms with Crippen LogP contribution in [0.15, 0.2) is 30.3 Å². The highest BCUT2D eigenvalue weighted by atomic mass is 16.2. The number of benzene rings is 1. The second kappa shape index (κ2) is 7.81. The predicted molar refractivity (Wildman–Crippen MR) is 83.0 cm³/mol. The SMILES string of the molecule is CCNC(=O)CCC1CCN(C(=O)c2ccccc2)CC1. The molecule has 0 aromatic heterocycles. The molecule has 0 unspecified atom stereocenters. The van der Waals surface area contributed by atoms with E-state index in [1.54, 1.807) is 0 Å². The second-order valence-electron chi connectivity index (χ2n) is 5.59. The van der Waals surface area contributed by atoms with E-state index in [1.165, 1.54) is 0 Å². The van der Waals surface area contributed by atoms with Crippen molar-refractivity contribution in [1.29, 1.82) is 0 Å². The Labute approximate surface area is 126 Å². The van der Waals surface area contributed by atoms with Crippen molar-refractivity contribution in [2.24, 2.45) is 5.92 Å². The van der Waals surface area contributed by atoms with E-state index in [2.05, 4.69) is 5.32 Å². The third-order valence-electron chi connectivity index (χ3n) is 4.08. The van der Waals surface area contributed by atoms with Crippen LogP contribution in [0.25, 0.3) is 0 Å². The van der Waals surface area contributed by atoms with E-state index in [0.29, 0.717) is 18.9 Å². The minimum atomic E-state index is 0.123. The molecule has 21 heavy (non-hydrogen) atoms. The van der Waals surface area contributed by atoms with Gasteiger partial charge in [0.15, 0.2) is 0 Å². The lowest BCUT2D eigenvalue weighted by Crippen LogP contribution is -2.38. The third-order valence-corrected chi connectivity index (χ3v) is 4.08. The number of hydrogen-bond acceptors (Lipinski definition) is 2. The van der Waals surface area contributed by atoms with Crippen LogP contribution in [-0.4, -0.2) is 36.3 Å². The van der Waals surface area contributed by atoms with Gasteiger partial charge in [-0.05, 0) is 44.2 Å². The van der Waals surface area contributed by atoms with Crippen LogP contribution in [0.2, 0.25) is 0 Å². The average Bonchev–Trinajstić information content (AvgIpc) is 2.54. The van der Waals surface area contributed by atoms with Gasteiger partial charge in [0.25, 0.3) is 5.91 Å². The molecule has 1 saturated heterocycles. The van der Waals surface area contributed by atoms with Crippen LogP contribution in [-0.2, 0) is 4.79 Å². The summed E-state index contributed by atoms with van der Waals surface area (Å²) in [7, 11) is 0. The molecule has 0 bridgehead atoms. The fraction of sp³-hybridized carbons (Fsp3) is 0.529. The van der Waals surface area contributed by atoms with Gasteiger partial charge in [-0.15, -0.1) is 0 Å². The highest BCUT2D eigenvalue weighted by Crippen LogP contribution is 2.23. The maximum absolute atomic E-state index is 12.3. The van der Waals surface area contributed by atoms with Crippen LogP contribution in [0.3, 0.4) is 0 Å². The summed E-state index contributed by atoms with van der Waals surface area (Å²) in [5.74, 6) is 0.825. The van der Waals surface area contributed by atoms with Gasteiger partial charge in [-0.25, -0.2) is 0 Å². The lowest BCUT2D eigenvalue weighted by Gasteiger charge is -2.32. The summed E-state index contributed by atoms with van der Waals surface area (Å²) in [4.78, 5) is 25.7. The van der Waals surface area contributed by atoms with Gasteiger partial charge in [0.05, 0.1) is 0 Å². The highest BCUT2D eigenvalue weighted by Gasteiger charge is 2.23. The van der Waals surface area contributed by atoms with E-state index < -0.39 is 0 Å². The number of nitrogens with one attached hydrogen (secondary N) is 1. The Kier molecular flexibility index (Phi) is 5.78. The van der Waals surface area contributed by atoms with Crippen molar-refractivity contribution in [1.82, 2.24) is 10.2 Å². The van der Waals surface area contributed by atoms with Gasteiger partial charge in [-0.3, -0.25) is 9.59 Å². The molecule has 2 rings (SSSR count). The first-order valence-electron chi connectivity index (χ1n) is 7.81. The number of amides is 2. The van der Waals surface area contributed by atoms with Gasteiger partial charge in [0.1, 0.15) is 0 Å². The molecular weight excluding hydrogens is 264 g/mol. The lowest BCUT2D eigenvalue weighted by molar-refractivity contribution is -0.121. The summed E-state index contributed by atoms with van der Waals surface area (Å²) in [6, 6.07) is 9.44. The van der Waals surface area contributed by atoms with Gasteiger partial charge in [0, 0.05) is 31.6 Å². The monoisotopic (exact) mass is 288 g/mol. The van der Waals surface area contributed by atoms with Crippen molar-refractivity contribution < 1.29 is 9.59 Å². The van der Waals surface area contributed by atoms with E-state index in [9.17, 15) is 9.59 Å². The smallest absolute Gasteiger partial charge is 0.253 e. The quantitative estimate of drug-likeness (QED) is 0.905. The molecule has 1 aromatic rings. The van der Waals surface area contributed by atoms with Gasteiger partial charge in [0.2, 0.25) is 5.91 Å². The van der Waals surface area contributed by atoms with Gasteiger partial charge < -0.3 is 10.2 Å². The largest absolute Gasteiger partial charge is 0.356 e. The predicted octanol–water partition coefficient (Wildman–Crippen LogP) is 2.46. The average molecular weight is 288 g/mol. The molecule has 1 aromatic carbocycles. The van der Waals surface area contributed by atoms with Gasteiger partial charge >= 0.3 is 0 Å². The first kappa shape index (κ1) is 15.5. The molecule has 1 fully saturated rings. The molecule has 0 aliphatic carbocycles.